The molecule has 2 N–H and O–H groups in total. The van der Waals surface area contributed by atoms with E-state index in [9.17, 15) is 14.4 Å². The number of hydrogen-bond donors (Lipinski definition) is 2. The van der Waals surface area contributed by atoms with Crippen molar-refractivity contribution in [2.45, 2.75) is 12.8 Å². The second-order valence-electron chi connectivity index (χ2n) is 5.13. The Labute approximate surface area is 136 Å². The van der Waals surface area contributed by atoms with Crippen LogP contribution in [0.5, 0.6) is 0 Å². The summed E-state index contributed by atoms with van der Waals surface area (Å²) in [4.78, 5) is 36.8. The minimum absolute atomic E-state index is 0.0191. The summed E-state index contributed by atoms with van der Waals surface area (Å²) in [5, 5.41) is 11.0. The zero-order valence-corrected chi connectivity index (χ0v) is 12.8. The van der Waals surface area contributed by atoms with Gasteiger partial charge in [0, 0.05) is 28.8 Å². The molecule has 23 heavy (non-hydrogen) atoms. The lowest BCUT2D eigenvalue weighted by Crippen LogP contribution is -2.51. The molecule has 1 heterocycles. The van der Waals surface area contributed by atoms with Gasteiger partial charge < -0.3 is 5.11 Å². The van der Waals surface area contributed by atoms with Crippen LogP contribution in [0, 0.1) is 0 Å². The average Bonchev–Trinajstić information content (AvgIpc) is 2.56. The Morgan fingerprint density at radius 1 is 1.13 bits per heavy atom. The van der Waals surface area contributed by atoms with E-state index in [-0.39, 0.29) is 19.4 Å². The Morgan fingerprint density at radius 3 is 2.52 bits per heavy atom. The number of halogens is 1. The molecule has 0 saturated carbocycles. The first kappa shape index (κ1) is 15.5. The van der Waals surface area contributed by atoms with Crippen molar-refractivity contribution in [1.82, 2.24) is 10.4 Å². The first-order valence-corrected chi connectivity index (χ1v) is 7.42. The molecule has 3 amide bonds. The Hall–Kier alpha value is -2.44. The highest BCUT2D eigenvalue weighted by molar-refractivity contribution is 6.38. The fourth-order valence-electron chi connectivity index (χ4n) is 2.58. The largest absolute Gasteiger partial charge is 0.396 e. The van der Waals surface area contributed by atoms with E-state index in [0.717, 1.165) is 0 Å². The van der Waals surface area contributed by atoms with Crippen molar-refractivity contribution in [1.29, 1.82) is 0 Å². The summed E-state index contributed by atoms with van der Waals surface area (Å²) in [6.07, 6.45) is 0.273. The number of hydrazine groups is 1. The van der Waals surface area contributed by atoms with Gasteiger partial charge in [0.15, 0.2) is 0 Å². The first-order chi connectivity index (χ1) is 11.0. The first-order valence-electron chi connectivity index (χ1n) is 7.05. The van der Waals surface area contributed by atoms with Gasteiger partial charge in [-0.25, -0.2) is 0 Å². The van der Waals surface area contributed by atoms with Crippen LogP contribution in [0.25, 0.3) is 10.8 Å². The molecule has 0 radical (unpaired) electrons. The number of rotatable bonds is 4. The van der Waals surface area contributed by atoms with E-state index >= 15 is 0 Å². The molecule has 0 fully saturated rings. The van der Waals surface area contributed by atoms with Gasteiger partial charge in [0.25, 0.3) is 11.8 Å². The Kier molecular flexibility index (Phi) is 4.02. The van der Waals surface area contributed by atoms with Gasteiger partial charge in [-0.2, -0.15) is 5.01 Å². The zero-order chi connectivity index (χ0) is 16.6. The van der Waals surface area contributed by atoms with E-state index in [1.165, 1.54) is 6.07 Å². The van der Waals surface area contributed by atoms with Crippen molar-refractivity contribution in [2.75, 3.05) is 6.61 Å². The van der Waals surface area contributed by atoms with Crippen LogP contribution in [0.4, 0.5) is 0 Å². The highest BCUT2D eigenvalue weighted by Gasteiger charge is 2.34. The third kappa shape index (κ3) is 2.56. The Balaban J connectivity index is 2.03. The summed E-state index contributed by atoms with van der Waals surface area (Å²) in [5.74, 6) is -1.72. The van der Waals surface area contributed by atoms with Crippen molar-refractivity contribution in [3.8, 4) is 0 Å². The van der Waals surface area contributed by atoms with E-state index in [0.29, 0.717) is 31.9 Å². The number of benzene rings is 2. The summed E-state index contributed by atoms with van der Waals surface area (Å²) in [5.41, 5.74) is 2.92. The second kappa shape index (κ2) is 5.98. The predicted octanol–water partition coefficient (Wildman–Crippen LogP) is 1.89. The number of carbonyl (C=O) groups excluding carboxylic acids is 3. The number of carbonyl (C=O) groups is 3. The number of nitrogens with zero attached hydrogens (tertiary/aromatic N) is 1. The number of hydrogen-bond acceptors (Lipinski definition) is 4. The third-order valence-electron chi connectivity index (χ3n) is 3.65. The molecule has 0 atom stereocenters. The van der Waals surface area contributed by atoms with Crippen LogP contribution in [0.3, 0.4) is 0 Å². The van der Waals surface area contributed by atoms with Crippen molar-refractivity contribution in [2.24, 2.45) is 0 Å². The van der Waals surface area contributed by atoms with E-state index < -0.39 is 17.7 Å². The van der Waals surface area contributed by atoms with Crippen LogP contribution in [0.2, 0.25) is 5.02 Å². The topological polar surface area (TPSA) is 86.7 Å². The lowest BCUT2D eigenvalue weighted by atomic mass is 9.95. The van der Waals surface area contributed by atoms with Gasteiger partial charge in [-0.3, -0.25) is 19.8 Å². The quantitative estimate of drug-likeness (QED) is 0.837. The summed E-state index contributed by atoms with van der Waals surface area (Å²) in [6.45, 7) is -0.143. The molecule has 2 aromatic carbocycles. The highest BCUT2D eigenvalue weighted by Crippen LogP contribution is 2.33. The summed E-state index contributed by atoms with van der Waals surface area (Å²) >= 11 is 6.13. The molecule has 0 unspecified atom stereocenters. The normalized spacial score (nSPS) is 13.6. The molecule has 0 bridgehead atoms. The summed E-state index contributed by atoms with van der Waals surface area (Å²) in [6, 6.07) is 8.12. The minimum atomic E-state index is -0.604. The van der Waals surface area contributed by atoms with Gasteiger partial charge in [0.05, 0.1) is 11.1 Å². The molecule has 1 aliphatic heterocycles. The molecule has 0 spiro atoms. The van der Waals surface area contributed by atoms with Crippen LogP contribution in [0.15, 0.2) is 30.3 Å². The molecule has 1 aliphatic rings. The smallest absolute Gasteiger partial charge is 0.280 e. The molecule has 3 rings (SSSR count). The van der Waals surface area contributed by atoms with Crippen LogP contribution < -0.4 is 5.43 Å². The average molecular weight is 333 g/mol. The van der Waals surface area contributed by atoms with Crippen molar-refractivity contribution < 1.29 is 19.5 Å². The van der Waals surface area contributed by atoms with Crippen LogP contribution in [0.1, 0.15) is 33.6 Å². The lowest BCUT2D eigenvalue weighted by molar-refractivity contribution is -0.124. The molecule has 6 nitrogen and oxygen atoms in total. The molecular formula is C16H13ClN2O4. The SMILES string of the molecule is O=C(CCCO)NN1C(=O)c2cccc3c(Cl)ccc(c23)C1=O. The number of nitrogens with one attached hydrogen (secondary N) is 1. The molecule has 0 aliphatic carbocycles. The highest BCUT2D eigenvalue weighted by atomic mass is 35.5. The fraction of sp³-hybridized carbons (Fsp3) is 0.188. The molecule has 0 aromatic heterocycles. The number of aliphatic hydroxyl groups excluding tert-OH is 1. The van der Waals surface area contributed by atoms with Crippen LogP contribution in [-0.2, 0) is 4.79 Å². The second-order valence-corrected chi connectivity index (χ2v) is 5.54. The lowest BCUT2D eigenvalue weighted by Gasteiger charge is -2.27. The van der Waals surface area contributed by atoms with Crippen LogP contribution >= 0.6 is 11.6 Å². The molecular weight excluding hydrogens is 320 g/mol. The third-order valence-corrected chi connectivity index (χ3v) is 3.98. The van der Waals surface area contributed by atoms with Crippen molar-refractivity contribution >= 4 is 40.1 Å². The maximum absolute atomic E-state index is 12.5. The molecule has 118 valence electrons. The number of amides is 3. The predicted molar refractivity (Wildman–Crippen MR) is 83.9 cm³/mol. The van der Waals surface area contributed by atoms with E-state index in [1.54, 1.807) is 24.3 Å². The van der Waals surface area contributed by atoms with Gasteiger partial charge in [0.1, 0.15) is 0 Å². The van der Waals surface area contributed by atoms with Gasteiger partial charge in [-0.05, 0) is 24.6 Å². The Morgan fingerprint density at radius 2 is 1.83 bits per heavy atom. The van der Waals surface area contributed by atoms with Crippen molar-refractivity contribution in [3.63, 3.8) is 0 Å². The molecule has 0 saturated heterocycles. The summed E-state index contributed by atoms with van der Waals surface area (Å²) in [7, 11) is 0. The molecule has 2 aromatic rings. The number of aliphatic hydroxyl groups is 1. The maximum Gasteiger partial charge on any atom is 0.280 e. The van der Waals surface area contributed by atoms with Gasteiger partial charge in [-0.15, -0.1) is 0 Å². The van der Waals surface area contributed by atoms with Crippen LogP contribution in [-0.4, -0.2) is 34.4 Å². The van der Waals surface area contributed by atoms with Gasteiger partial charge >= 0.3 is 0 Å². The maximum atomic E-state index is 12.5. The summed E-state index contributed by atoms with van der Waals surface area (Å²) < 4.78 is 0. The molecule has 7 heteroatoms. The van der Waals surface area contributed by atoms with E-state index in [2.05, 4.69) is 5.43 Å². The number of imide groups is 1. The Bertz CT molecular complexity index is 812. The zero-order valence-electron chi connectivity index (χ0n) is 12.0. The standard InChI is InChI=1S/C16H13ClN2O4/c17-12-7-6-11-14-9(12)3-1-4-10(14)15(22)19(16(11)23)18-13(21)5-2-8-20/h1,3-4,6-7,20H,2,5,8H2,(H,18,21). The van der Waals surface area contributed by atoms with Gasteiger partial charge in [0.2, 0.25) is 5.91 Å². The minimum Gasteiger partial charge on any atom is -0.396 e. The monoisotopic (exact) mass is 332 g/mol. The van der Waals surface area contributed by atoms with Gasteiger partial charge in [-0.1, -0.05) is 23.7 Å². The van der Waals surface area contributed by atoms with Crippen molar-refractivity contribution in [3.05, 3.63) is 46.5 Å². The van der Waals surface area contributed by atoms with E-state index in [4.69, 9.17) is 16.7 Å². The van der Waals surface area contributed by atoms with E-state index in [1.807, 2.05) is 0 Å². The fourth-order valence-corrected chi connectivity index (χ4v) is 2.80.